The largest absolute Gasteiger partial charge is 0.337 e. The number of hydrogen-bond acceptors (Lipinski definition) is 2. The number of benzene rings is 2. The van der Waals surface area contributed by atoms with Gasteiger partial charge in [0.15, 0.2) is 0 Å². The quantitative estimate of drug-likeness (QED) is 0.817. The van der Waals surface area contributed by atoms with Gasteiger partial charge in [0.2, 0.25) is 0 Å². The third-order valence-corrected chi connectivity index (χ3v) is 4.82. The van der Waals surface area contributed by atoms with Gasteiger partial charge in [0.05, 0.1) is 0 Å². The van der Waals surface area contributed by atoms with E-state index in [1.165, 1.54) is 6.07 Å². The maximum absolute atomic E-state index is 14.3. The van der Waals surface area contributed by atoms with Gasteiger partial charge in [-0.05, 0) is 36.6 Å². The van der Waals surface area contributed by atoms with Crippen molar-refractivity contribution < 1.29 is 9.18 Å². The smallest absolute Gasteiger partial charge is 0.254 e. The summed E-state index contributed by atoms with van der Waals surface area (Å²) >= 11 is 0. The van der Waals surface area contributed by atoms with Crippen LogP contribution in [-0.2, 0) is 0 Å². The Bertz CT molecular complexity index is 759. The van der Waals surface area contributed by atoms with Crippen molar-refractivity contribution >= 4 is 5.91 Å². The molecule has 138 valence electrons. The number of halogens is 1. The van der Waals surface area contributed by atoms with E-state index in [-0.39, 0.29) is 11.7 Å². The number of carbonyl (C=O) groups is 1. The molecule has 1 fully saturated rings. The summed E-state index contributed by atoms with van der Waals surface area (Å²) in [6, 6.07) is 14.0. The maximum Gasteiger partial charge on any atom is 0.254 e. The van der Waals surface area contributed by atoms with Crippen LogP contribution >= 0.6 is 0 Å². The molecule has 0 radical (unpaired) electrons. The molecule has 1 heterocycles. The van der Waals surface area contributed by atoms with Gasteiger partial charge in [-0.25, -0.2) is 4.39 Å². The van der Waals surface area contributed by atoms with E-state index in [1.807, 2.05) is 23.1 Å². The second-order valence-electron chi connectivity index (χ2n) is 7.37. The zero-order valence-electron chi connectivity index (χ0n) is 15.6. The monoisotopic (exact) mass is 354 g/mol. The van der Waals surface area contributed by atoms with Crippen molar-refractivity contribution in [3.63, 3.8) is 0 Å². The zero-order valence-corrected chi connectivity index (χ0v) is 15.6. The van der Waals surface area contributed by atoms with Gasteiger partial charge in [-0.2, -0.15) is 0 Å². The first-order valence-corrected chi connectivity index (χ1v) is 9.42. The van der Waals surface area contributed by atoms with Crippen LogP contribution in [0.3, 0.4) is 0 Å². The van der Waals surface area contributed by atoms with Crippen LogP contribution in [0, 0.1) is 11.7 Å². The average molecular weight is 354 g/mol. The second kappa shape index (κ2) is 8.45. The predicted molar refractivity (Wildman–Crippen MR) is 104 cm³/mol. The van der Waals surface area contributed by atoms with Gasteiger partial charge in [-0.3, -0.25) is 4.79 Å². The standard InChI is InChI=1S/C22H27FN2O/c1-17(2)16-24-12-7-13-25(15-14-24)22(26)20-10-4-3-8-18(20)19-9-5-6-11-21(19)23/h3-6,8-11,17H,7,12-16H2,1-2H3. The van der Waals surface area contributed by atoms with E-state index in [9.17, 15) is 9.18 Å². The topological polar surface area (TPSA) is 23.6 Å². The molecule has 2 aromatic rings. The Morgan fingerprint density at radius 1 is 0.962 bits per heavy atom. The van der Waals surface area contributed by atoms with Crippen LogP contribution in [0.25, 0.3) is 11.1 Å². The summed E-state index contributed by atoms with van der Waals surface area (Å²) in [6.07, 6.45) is 0.973. The van der Waals surface area contributed by atoms with Crippen molar-refractivity contribution in [1.29, 1.82) is 0 Å². The van der Waals surface area contributed by atoms with Crippen LogP contribution < -0.4 is 0 Å². The Kier molecular flexibility index (Phi) is 6.04. The van der Waals surface area contributed by atoms with Gasteiger partial charge in [0, 0.05) is 37.3 Å². The molecular weight excluding hydrogens is 327 g/mol. The SMILES string of the molecule is CC(C)CN1CCCN(C(=O)c2ccccc2-c2ccccc2F)CC1. The van der Waals surface area contributed by atoms with E-state index in [1.54, 1.807) is 24.3 Å². The zero-order chi connectivity index (χ0) is 18.5. The van der Waals surface area contributed by atoms with Crippen LogP contribution in [0.15, 0.2) is 48.5 Å². The molecule has 0 spiro atoms. The van der Waals surface area contributed by atoms with Crippen molar-refractivity contribution in [3.05, 3.63) is 59.9 Å². The number of amides is 1. The molecule has 4 heteroatoms. The van der Waals surface area contributed by atoms with Crippen LogP contribution in [-0.4, -0.2) is 48.4 Å². The molecule has 0 atom stereocenters. The highest BCUT2D eigenvalue weighted by Gasteiger charge is 2.23. The van der Waals surface area contributed by atoms with Crippen LogP contribution in [0.2, 0.25) is 0 Å². The van der Waals surface area contributed by atoms with Gasteiger partial charge < -0.3 is 9.80 Å². The lowest BCUT2D eigenvalue weighted by Crippen LogP contribution is -2.36. The minimum absolute atomic E-state index is 0.00440. The molecule has 1 amide bonds. The van der Waals surface area contributed by atoms with Gasteiger partial charge in [0.1, 0.15) is 5.82 Å². The molecule has 0 unspecified atom stereocenters. The summed E-state index contributed by atoms with van der Waals surface area (Å²) in [5.41, 5.74) is 1.72. The van der Waals surface area contributed by atoms with Gasteiger partial charge >= 0.3 is 0 Å². The fraction of sp³-hybridized carbons (Fsp3) is 0.409. The van der Waals surface area contributed by atoms with E-state index in [0.29, 0.717) is 22.6 Å². The lowest BCUT2D eigenvalue weighted by molar-refractivity contribution is 0.0761. The number of nitrogens with zero attached hydrogens (tertiary/aromatic N) is 2. The summed E-state index contributed by atoms with van der Waals surface area (Å²) in [6.45, 7) is 8.89. The molecule has 0 aliphatic carbocycles. The van der Waals surface area contributed by atoms with Crippen LogP contribution in [0.4, 0.5) is 4.39 Å². The molecule has 3 rings (SSSR count). The minimum atomic E-state index is -0.299. The molecule has 1 aliphatic heterocycles. The Hall–Kier alpha value is -2.20. The molecule has 3 nitrogen and oxygen atoms in total. The van der Waals surface area contributed by atoms with Crippen LogP contribution in [0.5, 0.6) is 0 Å². The highest BCUT2D eigenvalue weighted by Crippen LogP contribution is 2.27. The molecule has 0 aromatic heterocycles. The van der Waals surface area contributed by atoms with Crippen LogP contribution in [0.1, 0.15) is 30.6 Å². The average Bonchev–Trinajstić information content (AvgIpc) is 2.87. The molecule has 1 aliphatic rings. The Morgan fingerprint density at radius 2 is 1.65 bits per heavy atom. The van der Waals surface area contributed by atoms with E-state index in [4.69, 9.17) is 0 Å². The second-order valence-corrected chi connectivity index (χ2v) is 7.37. The predicted octanol–water partition coefficient (Wildman–Crippen LogP) is 4.30. The van der Waals surface area contributed by atoms with Crippen molar-refractivity contribution in [2.45, 2.75) is 20.3 Å². The molecule has 0 N–H and O–H groups in total. The van der Waals surface area contributed by atoms with E-state index in [2.05, 4.69) is 18.7 Å². The molecule has 0 bridgehead atoms. The third kappa shape index (κ3) is 4.31. The van der Waals surface area contributed by atoms with Crippen molar-refractivity contribution in [1.82, 2.24) is 9.80 Å². The molecule has 2 aromatic carbocycles. The fourth-order valence-corrected chi connectivity index (χ4v) is 3.63. The Morgan fingerprint density at radius 3 is 2.38 bits per heavy atom. The lowest BCUT2D eigenvalue weighted by atomic mass is 9.98. The molecule has 1 saturated heterocycles. The maximum atomic E-state index is 14.3. The van der Waals surface area contributed by atoms with E-state index >= 15 is 0 Å². The normalized spacial score (nSPS) is 15.9. The summed E-state index contributed by atoms with van der Waals surface area (Å²) in [7, 11) is 0. The minimum Gasteiger partial charge on any atom is -0.337 e. The molecule has 26 heavy (non-hydrogen) atoms. The first-order valence-electron chi connectivity index (χ1n) is 9.42. The van der Waals surface area contributed by atoms with Gasteiger partial charge in [-0.1, -0.05) is 50.2 Å². The van der Waals surface area contributed by atoms with Gasteiger partial charge in [0.25, 0.3) is 5.91 Å². The van der Waals surface area contributed by atoms with E-state index in [0.717, 1.165) is 39.1 Å². The summed E-state index contributed by atoms with van der Waals surface area (Å²) in [5.74, 6) is 0.320. The lowest BCUT2D eigenvalue weighted by Gasteiger charge is -2.24. The highest BCUT2D eigenvalue weighted by atomic mass is 19.1. The van der Waals surface area contributed by atoms with E-state index < -0.39 is 0 Å². The van der Waals surface area contributed by atoms with Crippen molar-refractivity contribution in [3.8, 4) is 11.1 Å². The Labute approximate surface area is 155 Å². The third-order valence-electron chi connectivity index (χ3n) is 4.82. The Balaban J connectivity index is 1.82. The number of carbonyl (C=O) groups excluding carboxylic acids is 1. The summed E-state index contributed by atoms with van der Waals surface area (Å²) in [4.78, 5) is 17.5. The van der Waals surface area contributed by atoms with Gasteiger partial charge in [-0.15, -0.1) is 0 Å². The summed E-state index contributed by atoms with van der Waals surface area (Å²) in [5, 5.41) is 0. The molecular formula is C22H27FN2O. The highest BCUT2D eigenvalue weighted by molar-refractivity contribution is 6.01. The first kappa shape index (κ1) is 18.6. The van der Waals surface area contributed by atoms with Crippen molar-refractivity contribution in [2.75, 3.05) is 32.7 Å². The first-order chi connectivity index (χ1) is 12.6. The fourth-order valence-electron chi connectivity index (χ4n) is 3.63. The summed E-state index contributed by atoms with van der Waals surface area (Å²) < 4.78 is 14.3. The number of hydrogen-bond donors (Lipinski definition) is 0. The number of rotatable bonds is 4. The van der Waals surface area contributed by atoms with Crippen molar-refractivity contribution in [2.24, 2.45) is 5.92 Å². The molecule has 0 saturated carbocycles.